The van der Waals surface area contributed by atoms with Crippen LogP contribution in [0.1, 0.15) is 37.0 Å². The minimum Gasteiger partial charge on any atom is -0.489 e. The zero-order valence-electron chi connectivity index (χ0n) is 12.3. The Balaban J connectivity index is 2.02. The summed E-state index contributed by atoms with van der Waals surface area (Å²) in [6.07, 6.45) is 4.10. The summed E-state index contributed by atoms with van der Waals surface area (Å²) in [5, 5.41) is 8.97. The normalized spacial score (nSPS) is 16.0. The first kappa shape index (κ1) is 15.3. The Morgan fingerprint density at radius 2 is 2.00 bits per heavy atom. The largest absolute Gasteiger partial charge is 0.489 e. The number of hydrogen-bond acceptors (Lipinski definition) is 4. The number of aromatic nitrogens is 1. The summed E-state index contributed by atoms with van der Waals surface area (Å²) >= 11 is 0. The van der Waals surface area contributed by atoms with Crippen LogP contribution >= 0.6 is 0 Å². The van der Waals surface area contributed by atoms with E-state index in [0.717, 1.165) is 0 Å². The lowest BCUT2D eigenvalue weighted by molar-refractivity contribution is -0.143. The number of carbonyl (C=O) groups excluding carboxylic acids is 1. The van der Waals surface area contributed by atoms with Crippen molar-refractivity contribution in [2.45, 2.75) is 32.8 Å². The molecule has 6 heteroatoms. The number of amides is 1. The van der Waals surface area contributed by atoms with Crippen LogP contribution in [0.2, 0.25) is 0 Å². The molecule has 0 bridgehead atoms. The number of aliphatic carboxylic acids is 1. The Bertz CT molecular complexity index is 522. The van der Waals surface area contributed by atoms with E-state index in [4.69, 9.17) is 9.84 Å². The second-order valence-electron chi connectivity index (χ2n) is 5.48. The third kappa shape index (κ3) is 3.93. The van der Waals surface area contributed by atoms with Gasteiger partial charge in [-0.1, -0.05) is 0 Å². The molecule has 0 spiro atoms. The first-order valence-electron chi connectivity index (χ1n) is 7.11. The molecule has 1 saturated heterocycles. The van der Waals surface area contributed by atoms with Crippen molar-refractivity contribution in [1.82, 2.24) is 9.88 Å². The fourth-order valence-corrected chi connectivity index (χ4v) is 2.38. The second kappa shape index (κ2) is 6.56. The van der Waals surface area contributed by atoms with Gasteiger partial charge in [0.1, 0.15) is 5.75 Å². The lowest BCUT2D eigenvalue weighted by atomic mass is 9.97. The highest BCUT2D eigenvalue weighted by Crippen LogP contribution is 2.20. The molecule has 0 aromatic carbocycles. The molecular formula is C15H20N2O4. The molecule has 0 saturated carbocycles. The van der Waals surface area contributed by atoms with E-state index >= 15 is 0 Å². The van der Waals surface area contributed by atoms with E-state index in [1.54, 1.807) is 17.2 Å². The molecule has 114 valence electrons. The van der Waals surface area contributed by atoms with Crippen molar-refractivity contribution in [2.75, 3.05) is 13.1 Å². The fourth-order valence-electron chi connectivity index (χ4n) is 2.38. The van der Waals surface area contributed by atoms with Gasteiger partial charge in [0.25, 0.3) is 5.91 Å². The summed E-state index contributed by atoms with van der Waals surface area (Å²) in [5.41, 5.74) is 0.474. The molecule has 6 nitrogen and oxygen atoms in total. The first-order valence-corrected chi connectivity index (χ1v) is 7.11. The molecule has 1 aromatic rings. The molecule has 0 unspecified atom stereocenters. The van der Waals surface area contributed by atoms with Crippen molar-refractivity contribution in [2.24, 2.45) is 5.92 Å². The Hall–Kier alpha value is -2.11. The van der Waals surface area contributed by atoms with Crippen LogP contribution in [0.5, 0.6) is 5.75 Å². The molecule has 2 heterocycles. The van der Waals surface area contributed by atoms with Crippen molar-refractivity contribution in [3.63, 3.8) is 0 Å². The molecular weight excluding hydrogens is 272 g/mol. The van der Waals surface area contributed by atoms with Crippen LogP contribution in [0.25, 0.3) is 0 Å². The predicted molar refractivity (Wildman–Crippen MR) is 76.3 cm³/mol. The van der Waals surface area contributed by atoms with Crippen LogP contribution in [0, 0.1) is 5.92 Å². The minimum absolute atomic E-state index is 0.0171. The van der Waals surface area contributed by atoms with Gasteiger partial charge in [-0.05, 0) is 32.8 Å². The van der Waals surface area contributed by atoms with Crippen molar-refractivity contribution in [1.29, 1.82) is 0 Å². The van der Waals surface area contributed by atoms with E-state index in [-0.39, 0.29) is 17.9 Å². The number of likely N-dealkylation sites (tertiary alicyclic amines) is 1. The Morgan fingerprint density at radius 3 is 2.57 bits per heavy atom. The minimum atomic E-state index is -0.781. The van der Waals surface area contributed by atoms with Gasteiger partial charge in [-0.15, -0.1) is 0 Å². The maximum atomic E-state index is 12.4. The van der Waals surface area contributed by atoms with E-state index in [1.165, 1.54) is 6.20 Å². The van der Waals surface area contributed by atoms with Gasteiger partial charge >= 0.3 is 5.97 Å². The van der Waals surface area contributed by atoms with E-state index in [2.05, 4.69) is 4.98 Å². The standard InChI is InChI=1S/C15H20N2O4/c1-10(2)21-13-7-12(8-16-9-13)14(18)17-5-3-11(4-6-17)15(19)20/h7-11H,3-6H2,1-2H3,(H,19,20). The maximum Gasteiger partial charge on any atom is 0.306 e. The molecule has 1 aliphatic heterocycles. The highest BCUT2D eigenvalue weighted by molar-refractivity contribution is 5.94. The summed E-state index contributed by atoms with van der Waals surface area (Å²) in [7, 11) is 0. The molecule has 21 heavy (non-hydrogen) atoms. The average molecular weight is 292 g/mol. The average Bonchev–Trinajstić information content (AvgIpc) is 2.46. The van der Waals surface area contributed by atoms with E-state index in [0.29, 0.717) is 37.2 Å². The summed E-state index contributed by atoms with van der Waals surface area (Å²) < 4.78 is 5.53. The number of carbonyl (C=O) groups is 2. The van der Waals surface area contributed by atoms with Crippen LogP contribution in [0.15, 0.2) is 18.5 Å². The second-order valence-corrected chi connectivity index (χ2v) is 5.48. The number of carboxylic acids is 1. The quantitative estimate of drug-likeness (QED) is 0.915. The van der Waals surface area contributed by atoms with Crippen LogP contribution in [0.3, 0.4) is 0 Å². The highest BCUT2D eigenvalue weighted by Gasteiger charge is 2.27. The molecule has 0 aliphatic carbocycles. The van der Waals surface area contributed by atoms with Crippen molar-refractivity contribution < 1.29 is 19.4 Å². The molecule has 1 aliphatic rings. The lowest BCUT2D eigenvalue weighted by Crippen LogP contribution is -2.40. The van der Waals surface area contributed by atoms with Crippen LogP contribution in [-0.2, 0) is 4.79 Å². The SMILES string of the molecule is CC(C)Oc1cncc(C(=O)N2CCC(C(=O)O)CC2)c1. The van der Waals surface area contributed by atoms with Gasteiger partial charge in [0.2, 0.25) is 0 Å². The smallest absolute Gasteiger partial charge is 0.306 e. The number of hydrogen-bond donors (Lipinski definition) is 1. The van der Waals surface area contributed by atoms with Crippen molar-refractivity contribution in [3.8, 4) is 5.75 Å². The van der Waals surface area contributed by atoms with Crippen LogP contribution in [0.4, 0.5) is 0 Å². The summed E-state index contributed by atoms with van der Waals surface area (Å²) in [4.78, 5) is 29.0. The molecule has 1 fully saturated rings. The number of pyridine rings is 1. The summed E-state index contributed by atoms with van der Waals surface area (Å²) in [6, 6.07) is 1.68. The number of carboxylic acid groups (broad SMARTS) is 1. The fraction of sp³-hybridized carbons (Fsp3) is 0.533. The van der Waals surface area contributed by atoms with Gasteiger partial charge in [0.05, 0.1) is 23.8 Å². The molecule has 0 radical (unpaired) electrons. The topological polar surface area (TPSA) is 79.7 Å². The number of ether oxygens (including phenoxy) is 1. The Labute approximate surface area is 123 Å². The molecule has 1 amide bonds. The van der Waals surface area contributed by atoms with Crippen molar-refractivity contribution in [3.05, 3.63) is 24.0 Å². The molecule has 2 rings (SSSR count). The third-order valence-electron chi connectivity index (χ3n) is 3.46. The summed E-state index contributed by atoms with van der Waals surface area (Å²) in [6.45, 7) is 4.74. The summed E-state index contributed by atoms with van der Waals surface area (Å²) in [5.74, 6) is -0.685. The van der Waals surface area contributed by atoms with Gasteiger partial charge in [0, 0.05) is 19.3 Å². The number of nitrogens with zero attached hydrogens (tertiary/aromatic N) is 2. The van der Waals surface area contributed by atoms with Gasteiger partial charge < -0.3 is 14.7 Å². The predicted octanol–water partition coefficient (Wildman–Crippen LogP) is 1.81. The van der Waals surface area contributed by atoms with E-state index in [9.17, 15) is 9.59 Å². The van der Waals surface area contributed by atoms with Gasteiger partial charge in [-0.2, -0.15) is 0 Å². The number of rotatable bonds is 4. The maximum absolute atomic E-state index is 12.4. The molecule has 0 atom stereocenters. The molecule has 1 aromatic heterocycles. The van der Waals surface area contributed by atoms with Gasteiger partial charge in [-0.25, -0.2) is 0 Å². The molecule has 1 N–H and O–H groups in total. The third-order valence-corrected chi connectivity index (χ3v) is 3.46. The zero-order valence-corrected chi connectivity index (χ0v) is 12.3. The van der Waals surface area contributed by atoms with Crippen molar-refractivity contribution >= 4 is 11.9 Å². The van der Waals surface area contributed by atoms with Gasteiger partial charge in [-0.3, -0.25) is 14.6 Å². The number of piperidine rings is 1. The van der Waals surface area contributed by atoms with Crippen LogP contribution < -0.4 is 4.74 Å². The zero-order chi connectivity index (χ0) is 15.4. The van der Waals surface area contributed by atoms with E-state index in [1.807, 2.05) is 13.8 Å². The van der Waals surface area contributed by atoms with E-state index < -0.39 is 5.97 Å². The van der Waals surface area contributed by atoms with Gasteiger partial charge in [0.15, 0.2) is 0 Å². The highest BCUT2D eigenvalue weighted by atomic mass is 16.5. The Morgan fingerprint density at radius 1 is 1.33 bits per heavy atom. The monoisotopic (exact) mass is 292 g/mol. The van der Waals surface area contributed by atoms with Crippen LogP contribution in [-0.4, -0.2) is 46.1 Å². The first-order chi connectivity index (χ1) is 9.97. The Kier molecular flexibility index (Phi) is 4.77. The lowest BCUT2D eigenvalue weighted by Gasteiger charge is -2.30.